The first-order valence-corrected chi connectivity index (χ1v) is 14.2. The van der Waals surface area contributed by atoms with Crippen LogP contribution in [-0.4, -0.2) is 39.5 Å². The zero-order chi connectivity index (χ0) is 21.2. The van der Waals surface area contributed by atoms with Crippen LogP contribution in [0.5, 0.6) is 0 Å². The minimum absolute atomic E-state index is 0.309. The summed E-state index contributed by atoms with van der Waals surface area (Å²) >= 11 is 0. The first kappa shape index (κ1) is 26.0. The van der Waals surface area contributed by atoms with E-state index in [0.717, 1.165) is 0 Å². The molecule has 0 aromatic carbocycles. The van der Waals surface area contributed by atoms with Crippen molar-refractivity contribution in [1.82, 2.24) is 0 Å². The maximum Gasteiger partial charge on any atom is 0.367 e. The summed E-state index contributed by atoms with van der Waals surface area (Å²) in [6.07, 6.45) is 0. The van der Waals surface area contributed by atoms with Gasteiger partial charge in [-0.1, -0.05) is 0 Å². The molecule has 26 heavy (non-hydrogen) atoms. The summed E-state index contributed by atoms with van der Waals surface area (Å²) in [6, 6.07) is 0. The molecule has 0 amide bonds. The number of hydrogen-bond acceptors (Lipinski definition) is 4. The summed E-state index contributed by atoms with van der Waals surface area (Å²) in [7, 11) is -5.44. The minimum Gasteiger partial charge on any atom is -0.389 e. The van der Waals surface area contributed by atoms with E-state index < -0.39 is 17.1 Å². The summed E-state index contributed by atoms with van der Waals surface area (Å²) in [5.74, 6) is 0. The molecule has 0 heterocycles. The van der Waals surface area contributed by atoms with Crippen molar-refractivity contribution in [2.24, 2.45) is 0 Å². The fraction of sp³-hybridized carbons (Fsp3) is 0.900. The highest BCUT2D eigenvalue weighted by Gasteiger charge is 2.53. The van der Waals surface area contributed by atoms with Crippen LogP contribution in [0.3, 0.4) is 0 Å². The molecule has 0 aromatic rings. The Morgan fingerprint density at radius 2 is 0.885 bits per heavy atom. The van der Waals surface area contributed by atoms with Crippen LogP contribution in [0.2, 0.25) is 12.2 Å². The molecule has 0 fully saturated rings. The van der Waals surface area contributed by atoms with Gasteiger partial charge in [0.05, 0.1) is 22.4 Å². The van der Waals surface area contributed by atoms with Crippen LogP contribution in [0.4, 0.5) is 0 Å². The largest absolute Gasteiger partial charge is 0.389 e. The first-order valence-electron chi connectivity index (χ1n) is 9.54. The molecule has 0 aliphatic carbocycles. The molecule has 0 radical (unpaired) electrons. The van der Waals surface area contributed by atoms with Gasteiger partial charge in [-0.05, 0) is 95.3 Å². The average molecular weight is 405 g/mol. The zero-order valence-electron chi connectivity index (χ0n) is 19.6. The maximum atomic E-state index is 6.55. The van der Waals surface area contributed by atoms with Gasteiger partial charge in [0.1, 0.15) is 0 Å². The highest BCUT2D eigenvalue weighted by Crippen LogP contribution is 2.35. The molecule has 156 valence electrons. The number of hydrogen-bond donors (Lipinski definition) is 0. The van der Waals surface area contributed by atoms with Crippen molar-refractivity contribution in [3.8, 4) is 0 Å². The summed E-state index contributed by atoms with van der Waals surface area (Å²) < 4.78 is 26.2. The van der Waals surface area contributed by atoms with E-state index >= 15 is 0 Å². The fourth-order valence-corrected chi connectivity index (χ4v) is 13.3. The second-order valence-corrected chi connectivity index (χ2v) is 17.7. The molecule has 0 bridgehead atoms. The Labute approximate surface area is 165 Å². The molecule has 0 aromatic heterocycles. The third kappa shape index (κ3) is 11.7. The molecule has 0 saturated carbocycles. The van der Waals surface area contributed by atoms with Gasteiger partial charge in [0.15, 0.2) is 0 Å². The average Bonchev–Trinajstić information content (AvgIpc) is 2.16. The summed E-state index contributed by atoms with van der Waals surface area (Å²) in [6.45, 7) is 30.9. The van der Waals surface area contributed by atoms with Crippen molar-refractivity contribution < 1.29 is 17.7 Å². The molecular formula is C20H44O4Si2. The van der Waals surface area contributed by atoms with E-state index in [1.807, 2.05) is 5.70 Å². The predicted octanol–water partition coefficient (Wildman–Crippen LogP) is 6.03. The molecule has 0 saturated heterocycles. The van der Waals surface area contributed by atoms with Gasteiger partial charge in [-0.25, -0.2) is 0 Å². The van der Waals surface area contributed by atoms with E-state index in [1.165, 1.54) is 0 Å². The van der Waals surface area contributed by atoms with E-state index in [9.17, 15) is 0 Å². The Morgan fingerprint density at radius 1 is 0.615 bits per heavy atom. The quantitative estimate of drug-likeness (QED) is 0.486. The van der Waals surface area contributed by atoms with E-state index in [0.29, 0.717) is 5.67 Å². The Kier molecular flexibility index (Phi) is 8.18. The van der Waals surface area contributed by atoms with Crippen molar-refractivity contribution >= 4 is 17.1 Å². The van der Waals surface area contributed by atoms with Gasteiger partial charge >= 0.3 is 17.1 Å². The topological polar surface area (TPSA) is 36.9 Å². The van der Waals surface area contributed by atoms with Gasteiger partial charge in [-0.15, -0.1) is 6.58 Å². The molecule has 0 N–H and O–H groups in total. The smallest absolute Gasteiger partial charge is 0.367 e. The van der Waals surface area contributed by atoms with Crippen LogP contribution in [0.1, 0.15) is 83.1 Å². The first-order chi connectivity index (χ1) is 11.1. The van der Waals surface area contributed by atoms with E-state index in [1.54, 1.807) is 0 Å². The minimum atomic E-state index is -2.80. The lowest BCUT2D eigenvalue weighted by Crippen LogP contribution is -2.60. The summed E-state index contributed by atoms with van der Waals surface area (Å²) in [4.78, 5) is 0. The standard InChI is InChI=1S/C20H44O4Si2/c1-15-26(23-19(8,9)10,24-20(11,12)13)16-25(14,21-17(2,3)4)22-18(5,6)7/h15H,1,16H2,2-14H3. The molecule has 0 aliphatic heterocycles. The van der Waals surface area contributed by atoms with Gasteiger partial charge in [0.25, 0.3) is 0 Å². The molecule has 0 spiro atoms. The number of rotatable bonds is 7. The predicted molar refractivity (Wildman–Crippen MR) is 116 cm³/mol. The van der Waals surface area contributed by atoms with Crippen LogP contribution in [0, 0.1) is 0 Å². The van der Waals surface area contributed by atoms with Crippen LogP contribution in [0.25, 0.3) is 0 Å². The SMILES string of the molecule is C=C[Si](C[Si](C)(OC(C)(C)C)OC(C)(C)C)(OC(C)(C)C)OC(C)(C)C. The van der Waals surface area contributed by atoms with Crippen molar-refractivity contribution in [1.29, 1.82) is 0 Å². The maximum absolute atomic E-state index is 6.55. The van der Waals surface area contributed by atoms with Crippen LogP contribution >= 0.6 is 0 Å². The highest BCUT2D eigenvalue weighted by atomic mass is 28.4. The molecular weight excluding hydrogens is 360 g/mol. The lowest BCUT2D eigenvalue weighted by Gasteiger charge is -2.45. The van der Waals surface area contributed by atoms with Gasteiger partial charge in [0, 0.05) is 5.67 Å². The van der Waals surface area contributed by atoms with E-state index in [-0.39, 0.29) is 22.4 Å². The fourth-order valence-electron chi connectivity index (χ4n) is 3.12. The molecule has 0 atom stereocenters. The monoisotopic (exact) mass is 404 g/mol. The molecule has 0 unspecified atom stereocenters. The van der Waals surface area contributed by atoms with Crippen molar-refractivity contribution in [3.05, 3.63) is 12.3 Å². The third-order valence-corrected chi connectivity index (χ3v) is 12.0. The van der Waals surface area contributed by atoms with E-state index in [4.69, 9.17) is 17.7 Å². The van der Waals surface area contributed by atoms with Gasteiger partial charge in [-0.2, -0.15) is 0 Å². The Morgan fingerprint density at radius 3 is 1.08 bits per heavy atom. The summed E-state index contributed by atoms with van der Waals surface area (Å²) in [5.41, 5.74) is 1.22. The van der Waals surface area contributed by atoms with Gasteiger partial charge in [0.2, 0.25) is 0 Å². The van der Waals surface area contributed by atoms with Crippen LogP contribution < -0.4 is 0 Å². The van der Waals surface area contributed by atoms with E-state index in [2.05, 4.69) is 96.2 Å². The zero-order valence-corrected chi connectivity index (χ0v) is 21.6. The van der Waals surface area contributed by atoms with Gasteiger partial charge < -0.3 is 17.7 Å². The van der Waals surface area contributed by atoms with Crippen molar-refractivity contribution in [3.63, 3.8) is 0 Å². The van der Waals surface area contributed by atoms with Crippen molar-refractivity contribution in [2.45, 2.75) is 118 Å². The van der Waals surface area contributed by atoms with Crippen molar-refractivity contribution in [2.75, 3.05) is 0 Å². The molecule has 4 nitrogen and oxygen atoms in total. The third-order valence-electron chi connectivity index (χ3n) is 2.88. The van der Waals surface area contributed by atoms with Crippen LogP contribution in [-0.2, 0) is 17.7 Å². The second-order valence-electron chi connectivity index (χ2n) is 11.2. The molecule has 6 heteroatoms. The summed E-state index contributed by atoms with van der Waals surface area (Å²) in [5, 5.41) is 0. The van der Waals surface area contributed by atoms with Crippen LogP contribution in [0.15, 0.2) is 12.3 Å². The normalized spacial score (nSPS) is 15.3. The Balaban J connectivity index is 6.05. The lowest BCUT2D eigenvalue weighted by molar-refractivity contribution is 0.00613. The highest BCUT2D eigenvalue weighted by molar-refractivity contribution is 6.88. The second kappa shape index (κ2) is 8.17. The Bertz CT molecular complexity index is 430. The molecule has 0 rings (SSSR count). The Hall–Kier alpha value is 0.0138. The molecule has 0 aliphatic rings. The lowest BCUT2D eigenvalue weighted by atomic mass is 10.2. The van der Waals surface area contributed by atoms with Gasteiger partial charge in [-0.3, -0.25) is 0 Å².